The van der Waals surface area contributed by atoms with Gasteiger partial charge in [-0.3, -0.25) is 0 Å². The third-order valence-corrected chi connectivity index (χ3v) is 2.56. The Hall–Kier alpha value is -1.39. The molecule has 0 radical (unpaired) electrons. The molecule has 100 valence electrons. The van der Waals surface area contributed by atoms with Crippen LogP contribution in [-0.4, -0.2) is 23.3 Å². The molecule has 0 heterocycles. The fourth-order valence-electron chi connectivity index (χ4n) is 1.65. The van der Waals surface area contributed by atoms with Gasteiger partial charge in [0.25, 0.3) is 0 Å². The van der Waals surface area contributed by atoms with Crippen molar-refractivity contribution in [2.24, 2.45) is 5.73 Å². The van der Waals surface area contributed by atoms with Crippen LogP contribution in [-0.2, 0) is 15.1 Å². The van der Waals surface area contributed by atoms with Crippen LogP contribution in [0, 0.1) is 0 Å². The summed E-state index contributed by atoms with van der Waals surface area (Å²) < 4.78 is 5.33. The van der Waals surface area contributed by atoms with Crippen LogP contribution in [0.2, 0.25) is 0 Å². The molecule has 0 aliphatic rings. The summed E-state index contributed by atoms with van der Waals surface area (Å²) in [6, 6.07) is 8.98. The highest BCUT2D eigenvalue weighted by molar-refractivity contribution is 5.82. The summed E-state index contributed by atoms with van der Waals surface area (Å²) in [7, 11) is 0. The van der Waals surface area contributed by atoms with Crippen LogP contribution in [0.15, 0.2) is 30.3 Å². The van der Waals surface area contributed by atoms with Gasteiger partial charge >= 0.3 is 5.97 Å². The zero-order valence-electron chi connectivity index (χ0n) is 11.1. The molecule has 4 heteroatoms. The Labute approximate surface area is 108 Å². The van der Waals surface area contributed by atoms with E-state index in [9.17, 15) is 4.79 Å². The molecule has 0 aliphatic heterocycles. The summed E-state index contributed by atoms with van der Waals surface area (Å²) >= 11 is 0. The average molecular weight is 251 g/mol. The number of nitrogens with two attached hydrogens (primary N) is 1. The molecular formula is C14H21NO3. The maximum Gasteiger partial charge on any atom is 0.331 e. The second-order valence-corrected chi connectivity index (χ2v) is 5.31. The Bertz CT molecular complexity index is 397. The average Bonchev–Trinajstić information content (AvgIpc) is 2.28. The van der Waals surface area contributed by atoms with E-state index in [0.717, 1.165) is 0 Å². The number of hydrogen-bond donors (Lipinski definition) is 2. The lowest BCUT2D eigenvalue weighted by Gasteiger charge is -2.31. The van der Waals surface area contributed by atoms with Gasteiger partial charge in [0.05, 0.1) is 0 Å². The number of rotatable bonds is 4. The van der Waals surface area contributed by atoms with Crippen LogP contribution in [0.5, 0.6) is 0 Å². The molecule has 1 unspecified atom stereocenters. The van der Waals surface area contributed by atoms with Crippen molar-refractivity contribution in [3.63, 3.8) is 0 Å². The monoisotopic (exact) mass is 251 g/mol. The van der Waals surface area contributed by atoms with E-state index in [1.807, 2.05) is 6.07 Å². The summed E-state index contributed by atoms with van der Waals surface area (Å²) in [5.41, 5.74) is 4.89. The third-order valence-electron chi connectivity index (χ3n) is 2.56. The standard InChI is InChI=1S/C14H21NO3/c1-13(2,3)18-12(17)14(15,9-10-16)11-7-5-4-6-8-11/h4-8,16H,9-10,15H2,1-3H3. The van der Waals surface area contributed by atoms with E-state index >= 15 is 0 Å². The molecule has 3 N–H and O–H groups in total. The van der Waals surface area contributed by atoms with E-state index in [1.165, 1.54) is 0 Å². The van der Waals surface area contributed by atoms with Gasteiger partial charge in [-0.25, -0.2) is 4.79 Å². The highest BCUT2D eigenvalue weighted by Crippen LogP contribution is 2.25. The zero-order chi connectivity index (χ0) is 13.8. The largest absolute Gasteiger partial charge is 0.458 e. The van der Waals surface area contributed by atoms with Gasteiger partial charge in [-0.05, 0) is 26.3 Å². The molecule has 0 saturated heterocycles. The minimum Gasteiger partial charge on any atom is -0.458 e. The van der Waals surface area contributed by atoms with E-state index in [1.54, 1.807) is 45.0 Å². The van der Waals surface area contributed by atoms with Crippen molar-refractivity contribution in [1.82, 2.24) is 0 Å². The first-order chi connectivity index (χ1) is 8.29. The number of esters is 1. The van der Waals surface area contributed by atoms with Gasteiger partial charge in [-0.15, -0.1) is 0 Å². The lowest BCUT2D eigenvalue weighted by atomic mass is 9.88. The Balaban J connectivity index is 3.04. The molecule has 4 nitrogen and oxygen atoms in total. The van der Waals surface area contributed by atoms with Crippen molar-refractivity contribution in [3.05, 3.63) is 35.9 Å². The van der Waals surface area contributed by atoms with Crippen molar-refractivity contribution in [2.45, 2.75) is 38.3 Å². The van der Waals surface area contributed by atoms with Crippen molar-refractivity contribution in [2.75, 3.05) is 6.61 Å². The SMILES string of the molecule is CC(C)(C)OC(=O)C(N)(CCO)c1ccccc1. The summed E-state index contributed by atoms with van der Waals surface area (Å²) in [4.78, 5) is 12.2. The number of carbonyl (C=O) groups excluding carboxylic acids is 1. The van der Waals surface area contributed by atoms with E-state index in [4.69, 9.17) is 15.6 Å². The van der Waals surface area contributed by atoms with Gasteiger partial charge < -0.3 is 15.6 Å². The number of carbonyl (C=O) groups is 1. The first-order valence-electron chi connectivity index (χ1n) is 5.98. The molecular weight excluding hydrogens is 230 g/mol. The summed E-state index contributed by atoms with van der Waals surface area (Å²) in [6.07, 6.45) is 0.131. The van der Waals surface area contributed by atoms with Crippen LogP contribution in [0.4, 0.5) is 0 Å². The van der Waals surface area contributed by atoms with E-state index in [0.29, 0.717) is 5.56 Å². The first-order valence-corrected chi connectivity index (χ1v) is 5.98. The Morgan fingerprint density at radius 1 is 1.28 bits per heavy atom. The minimum atomic E-state index is -1.30. The molecule has 1 atom stereocenters. The van der Waals surface area contributed by atoms with Crippen molar-refractivity contribution in [1.29, 1.82) is 0 Å². The lowest BCUT2D eigenvalue weighted by Crippen LogP contribution is -2.49. The molecule has 18 heavy (non-hydrogen) atoms. The highest BCUT2D eigenvalue weighted by Gasteiger charge is 2.39. The van der Waals surface area contributed by atoms with Crippen LogP contribution in [0.1, 0.15) is 32.8 Å². The fourth-order valence-corrected chi connectivity index (χ4v) is 1.65. The molecule has 1 rings (SSSR count). The predicted molar refractivity (Wildman–Crippen MR) is 69.9 cm³/mol. The Morgan fingerprint density at radius 2 is 1.83 bits per heavy atom. The molecule has 0 bridgehead atoms. The van der Waals surface area contributed by atoms with Crippen LogP contribution in [0.3, 0.4) is 0 Å². The van der Waals surface area contributed by atoms with Crippen molar-refractivity contribution >= 4 is 5.97 Å². The summed E-state index contributed by atoms with van der Waals surface area (Å²) in [5, 5.41) is 9.12. The van der Waals surface area contributed by atoms with E-state index in [2.05, 4.69) is 0 Å². The van der Waals surface area contributed by atoms with Gasteiger partial charge in [0.1, 0.15) is 11.1 Å². The van der Waals surface area contributed by atoms with Gasteiger partial charge in [0.15, 0.2) is 0 Å². The third kappa shape index (κ3) is 3.55. The van der Waals surface area contributed by atoms with Crippen LogP contribution < -0.4 is 5.73 Å². The molecule has 0 saturated carbocycles. The zero-order valence-corrected chi connectivity index (χ0v) is 11.1. The van der Waals surface area contributed by atoms with Gasteiger partial charge in [-0.2, -0.15) is 0 Å². The smallest absolute Gasteiger partial charge is 0.331 e. The maximum absolute atomic E-state index is 12.2. The highest BCUT2D eigenvalue weighted by atomic mass is 16.6. The second kappa shape index (κ2) is 5.50. The predicted octanol–water partition coefficient (Wildman–Crippen LogP) is 1.56. The number of aliphatic hydroxyl groups is 1. The van der Waals surface area contributed by atoms with Crippen LogP contribution in [0.25, 0.3) is 0 Å². The number of aliphatic hydroxyl groups excluding tert-OH is 1. The maximum atomic E-state index is 12.2. The molecule has 0 aromatic heterocycles. The topological polar surface area (TPSA) is 72.5 Å². The molecule has 0 aliphatic carbocycles. The minimum absolute atomic E-state index is 0.131. The van der Waals surface area contributed by atoms with Crippen molar-refractivity contribution < 1.29 is 14.6 Å². The van der Waals surface area contributed by atoms with E-state index < -0.39 is 17.1 Å². The van der Waals surface area contributed by atoms with Crippen LogP contribution >= 0.6 is 0 Å². The fraction of sp³-hybridized carbons (Fsp3) is 0.500. The second-order valence-electron chi connectivity index (χ2n) is 5.31. The van der Waals surface area contributed by atoms with Crippen molar-refractivity contribution in [3.8, 4) is 0 Å². The lowest BCUT2D eigenvalue weighted by molar-refractivity contribution is -0.163. The molecule has 0 fully saturated rings. The van der Waals surface area contributed by atoms with Gasteiger partial charge in [0.2, 0.25) is 0 Å². The van der Waals surface area contributed by atoms with Gasteiger partial charge in [0, 0.05) is 13.0 Å². The number of hydrogen-bond acceptors (Lipinski definition) is 4. The Kier molecular flexibility index (Phi) is 4.48. The Morgan fingerprint density at radius 3 is 2.28 bits per heavy atom. The molecule has 0 spiro atoms. The summed E-state index contributed by atoms with van der Waals surface area (Å²) in [5.74, 6) is -0.518. The van der Waals surface area contributed by atoms with E-state index in [-0.39, 0.29) is 13.0 Å². The summed E-state index contributed by atoms with van der Waals surface area (Å²) in [6.45, 7) is 5.18. The van der Waals surface area contributed by atoms with Gasteiger partial charge in [-0.1, -0.05) is 30.3 Å². The normalized spacial score (nSPS) is 14.9. The molecule has 1 aromatic rings. The molecule has 1 aromatic carbocycles. The number of benzene rings is 1. The first kappa shape index (κ1) is 14.7. The quantitative estimate of drug-likeness (QED) is 0.797. The number of ether oxygens (including phenoxy) is 1. The molecule has 0 amide bonds.